The Morgan fingerprint density at radius 1 is 1.32 bits per heavy atom. The van der Waals surface area contributed by atoms with Crippen molar-refractivity contribution in [1.29, 1.82) is 0 Å². The standard InChI is InChI=1S/C13H20FNO3S/c1-2-9-19(16,17)10-8-18-13-11(6-7-15)4-3-5-12(13)14/h3-5H,2,6-10,15H2,1H3. The van der Waals surface area contributed by atoms with Gasteiger partial charge in [0.05, 0.1) is 11.5 Å². The summed E-state index contributed by atoms with van der Waals surface area (Å²) in [6.45, 7) is 2.14. The zero-order valence-electron chi connectivity index (χ0n) is 11.1. The lowest BCUT2D eigenvalue weighted by Gasteiger charge is -2.12. The number of halogens is 1. The lowest BCUT2D eigenvalue weighted by Crippen LogP contribution is -2.17. The molecule has 19 heavy (non-hydrogen) atoms. The van der Waals surface area contributed by atoms with Crippen LogP contribution in [0.4, 0.5) is 4.39 Å². The van der Waals surface area contributed by atoms with Gasteiger partial charge in [0.2, 0.25) is 0 Å². The number of benzene rings is 1. The molecule has 0 aliphatic heterocycles. The third kappa shape index (κ3) is 5.16. The van der Waals surface area contributed by atoms with Crippen molar-refractivity contribution >= 4 is 9.84 Å². The second-order valence-electron chi connectivity index (χ2n) is 4.27. The summed E-state index contributed by atoms with van der Waals surface area (Å²) in [5.41, 5.74) is 6.11. The van der Waals surface area contributed by atoms with Crippen LogP contribution in [0.5, 0.6) is 5.75 Å². The first-order chi connectivity index (χ1) is 9.00. The highest BCUT2D eigenvalue weighted by Crippen LogP contribution is 2.23. The summed E-state index contributed by atoms with van der Waals surface area (Å²) < 4.78 is 42.0. The normalized spacial score (nSPS) is 11.5. The fourth-order valence-corrected chi connectivity index (χ4v) is 2.91. The van der Waals surface area contributed by atoms with Crippen LogP contribution in [0.1, 0.15) is 18.9 Å². The second-order valence-corrected chi connectivity index (χ2v) is 6.57. The van der Waals surface area contributed by atoms with Gasteiger partial charge in [0.15, 0.2) is 21.4 Å². The molecule has 1 rings (SSSR count). The van der Waals surface area contributed by atoms with Gasteiger partial charge in [-0.3, -0.25) is 0 Å². The van der Waals surface area contributed by atoms with Crippen LogP contribution in [0.25, 0.3) is 0 Å². The van der Waals surface area contributed by atoms with Crippen molar-refractivity contribution in [2.45, 2.75) is 19.8 Å². The molecular weight excluding hydrogens is 269 g/mol. The summed E-state index contributed by atoms with van der Waals surface area (Å²) in [5, 5.41) is 0. The topological polar surface area (TPSA) is 69.4 Å². The highest BCUT2D eigenvalue weighted by atomic mass is 32.2. The number of ether oxygens (including phenoxy) is 1. The molecule has 6 heteroatoms. The van der Waals surface area contributed by atoms with Gasteiger partial charge < -0.3 is 10.5 Å². The number of hydrogen-bond donors (Lipinski definition) is 1. The van der Waals surface area contributed by atoms with Gasteiger partial charge in [0.1, 0.15) is 6.61 Å². The summed E-state index contributed by atoms with van der Waals surface area (Å²) in [4.78, 5) is 0. The van der Waals surface area contributed by atoms with Crippen molar-refractivity contribution < 1.29 is 17.5 Å². The van der Waals surface area contributed by atoms with Gasteiger partial charge in [-0.05, 0) is 31.0 Å². The maximum absolute atomic E-state index is 13.6. The molecule has 0 aliphatic rings. The Hall–Kier alpha value is -1.14. The maximum Gasteiger partial charge on any atom is 0.165 e. The number of hydrogen-bond acceptors (Lipinski definition) is 4. The minimum atomic E-state index is -3.11. The molecule has 0 saturated heterocycles. The average Bonchev–Trinajstić information content (AvgIpc) is 2.33. The van der Waals surface area contributed by atoms with Crippen LogP contribution in [0.15, 0.2) is 18.2 Å². The van der Waals surface area contributed by atoms with Gasteiger partial charge >= 0.3 is 0 Å². The van der Waals surface area contributed by atoms with Crippen molar-refractivity contribution in [1.82, 2.24) is 0 Å². The second kappa shape index (κ2) is 7.45. The first-order valence-corrected chi connectivity index (χ1v) is 8.13. The molecule has 108 valence electrons. The molecule has 0 spiro atoms. The quantitative estimate of drug-likeness (QED) is 0.788. The van der Waals surface area contributed by atoms with E-state index in [2.05, 4.69) is 0 Å². The number of para-hydroxylation sites is 1. The summed E-state index contributed by atoms with van der Waals surface area (Å²) in [7, 11) is -3.11. The third-order valence-corrected chi connectivity index (χ3v) is 4.44. The first-order valence-electron chi connectivity index (χ1n) is 6.31. The number of rotatable bonds is 8. The van der Waals surface area contributed by atoms with Gasteiger partial charge in [0, 0.05) is 0 Å². The molecule has 1 aromatic rings. The molecule has 0 bridgehead atoms. The summed E-state index contributed by atoms with van der Waals surface area (Å²) in [6, 6.07) is 4.60. The van der Waals surface area contributed by atoms with Crippen LogP contribution in [0, 0.1) is 5.82 Å². The molecule has 0 fully saturated rings. The van der Waals surface area contributed by atoms with Gasteiger partial charge in [-0.1, -0.05) is 19.1 Å². The van der Waals surface area contributed by atoms with Crippen LogP contribution >= 0.6 is 0 Å². The van der Waals surface area contributed by atoms with E-state index in [1.807, 2.05) is 0 Å². The van der Waals surface area contributed by atoms with Gasteiger partial charge in [-0.25, -0.2) is 12.8 Å². The van der Waals surface area contributed by atoms with Crippen molar-refractivity contribution in [3.05, 3.63) is 29.6 Å². The van der Waals surface area contributed by atoms with Gasteiger partial charge in [0.25, 0.3) is 0 Å². The van der Waals surface area contributed by atoms with Gasteiger partial charge in [-0.2, -0.15) is 0 Å². The molecule has 2 N–H and O–H groups in total. The molecule has 4 nitrogen and oxygen atoms in total. The Morgan fingerprint density at radius 3 is 2.68 bits per heavy atom. The fourth-order valence-electron chi connectivity index (χ4n) is 1.75. The highest BCUT2D eigenvalue weighted by molar-refractivity contribution is 7.91. The summed E-state index contributed by atoms with van der Waals surface area (Å²) in [5.74, 6) is -0.348. The van der Waals surface area contributed by atoms with E-state index in [1.54, 1.807) is 19.1 Å². The Morgan fingerprint density at radius 2 is 2.05 bits per heavy atom. The molecule has 1 aromatic carbocycles. The molecule has 0 unspecified atom stereocenters. The van der Waals surface area contributed by atoms with E-state index in [0.717, 1.165) is 0 Å². The van der Waals surface area contributed by atoms with E-state index in [1.165, 1.54) is 6.07 Å². The summed E-state index contributed by atoms with van der Waals surface area (Å²) in [6.07, 6.45) is 1.06. The molecular formula is C13H20FNO3S. The van der Waals surface area contributed by atoms with Crippen LogP contribution in [-0.4, -0.2) is 33.1 Å². The van der Waals surface area contributed by atoms with E-state index in [4.69, 9.17) is 10.5 Å². The SMILES string of the molecule is CCCS(=O)(=O)CCOc1c(F)cccc1CCN. The first kappa shape index (κ1) is 15.9. The molecule has 0 atom stereocenters. The third-order valence-electron chi connectivity index (χ3n) is 2.62. The van der Waals surface area contributed by atoms with Crippen molar-refractivity contribution in [2.24, 2.45) is 5.73 Å². The lowest BCUT2D eigenvalue weighted by molar-refractivity contribution is 0.318. The largest absolute Gasteiger partial charge is 0.489 e. The van der Waals surface area contributed by atoms with E-state index in [0.29, 0.717) is 24.9 Å². The smallest absolute Gasteiger partial charge is 0.165 e. The molecule has 0 amide bonds. The Bertz CT molecular complexity index is 503. The molecule has 0 aromatic heterocycles. The molecule has 0 heterocycles. The predicted molar refractivity (Wildman–Crippen MR) is 73.6 cm³/mol. The van der Waals surface area contributed by atoms with E-state index < -0.39 is 15.7 Å². The van der Waals surface area contributed by atoms with Crippen LogP contribution in [-0.2, 0) is 16.3 Å². The van der Waals surface area contributed by atoms with E-state index >= 15 is 0 Å². The summed E-state index contributed by atoms with van der Waals surface area (Å²) >= 11 is 0. The molecule has 0 radical (unpaired) electrons. The Kier molecular flexibility index (Phi) is 6.24. The molecule has 0 saturated carbocycles. The minimum Gasteiger partial charge on any atom is -0.489 e. The fraction of sp³-hybridized carbons (Fsp3) is 0.538. The Balaban J connectivity index is 2.67. The maximum atomic E-state index is 13.6. The van der Waals surface area contributed by atoms with E-state index in [9.17, 15) is 12.8 Å². The zero-order valence-corrected chi connectivity index (χ0v) is 11.9. The van der Waals surface area contributed by atoms with E-state index in [-0.39, 0.29) is 23.9 Å². The monoisotopic (exact) mass is 289 g/mol. The lowest BCUT2D eigenvalue weighted by atomic mass is 10.1. The Labute approximate surface area is 113 Å². The predicted octanol–water partition coefficient (Wildman–Crippen LogP) is 1.53. The zero-order chi connectivity index (χ0) is 14.3. The highest BCUT2D eigenvalue weighted by Gasteiger charge is 2.13. The minimum absolute atomic E-state index is 0.0408. The number of nitrogens with two attached hydrogens (primary N) is 1. The number of sulfone groups is 1. The van der Waals surface area contributed by atoms with Gasteiger partial charge in [-0.15, -0.1) is 0 Å². The van der Waals surface area contributed by atoms with Crippen LogP contribution in [0.3, 0.4) is 0 Å². The van der Waals surface area contributed by atoms with Crippen molar-refractivity contribution in [2.75, 3.05) is 24.7 Å². The average molecular weight is 289 g/mol. The molecule has 0 aliphatic carbocycles. The van der Waals surface area contributed by atoms with Crippen molar-refractivity contribution in [3.8, 4) is 5.75 Å². The van der Waals surface area contributed by atoms with Crippen LogP contribution in [0.2, 0.25) is 0 Å². The van der Waals surface area contributed by atoms with Crippen molar-refractivity contribution in [3.63, 3.8) is 0 Å². The van der Waals surface area contributed by atoms with Crippen LogP contribution < -0.4 is 10.5 Å².